The monoisotopic (exact) mass is 444 g/mol. The maximum Gasteiger partial charge on any atom is 0.267 e. The first-order valence-electron chi connectivity index (χ1n) is 9.44. The number of carbonyl (C=O) groups excluding carboxylic acids is 2. The zero-order chi connectivity index (χ0) is 21.3. The number of amides is 2. The summed E-state index contributed by atoms with van der Waals surface area (Å²) in [5.74, 6) is 0.102. The van der Waals surface area contributed by atoms with Gasteiger partial charge >= 0.3 is 0 Å². The minimum absolute atomic E-state index is 0.248. The SMILES string of the molecule is CCC(Oc1ccccc1)C(=O)Nc1nnc(CCNC(=O)c2ccccc2Cl)s1. The molecule has 3 rings (SSSR count). The van der Waals surface area contributed by atoms with Crippen LogP contribution in [-0.2, 0) is 11.2 Å². The van der Waals surface area contributed by atoms with Gasteiger partial charge in [0.25, 0.3) is 11.8 Å². The molecule has 3 aromatic rings. The highest BCUT2D eigenvalue weighted by atomic mass is 35.5. The Morgan fingerprint density at radius 3 is 2.57 bits per heavy atom. The summed E-state index contributed by atoms with van der Waals surface area (Å²) in [6.07, 6.45) is 0.372. The molecule has 0 spiro atoms. The molecule has 0 fully saturated rings. The van der Waals surface area contributed by atoms with Crippen molar-refractivity contribution in [2.45, 2.75) is 25.9 Å². The van der Waals surface area contributed by atoms with Gasteiger partial charge in [-0.2, -0.15) is 0 Å². The molecule has 0 radical (unpaired) electrons. The molecule has 0 aliphatic rings. The van der Waals surface area contributed by atoms with E-state index in [-0.39, 0.29) is 11.8 Å². The largest absolute Gasteiger partial charge is 0.481 e. The Bertz CT molecular complexity index is 997. The van der Waals surface area contributed by atoms with Crippen LogP contribution >= 0.6 is 22.9 Å². The lowest BCUT2D eigenvalue weighted by Crippen LogP contribution is -2.32. The number of para-hydroxylation sites is 1. The smallest absolute Gasteiger partial charge is 0.267 e. The molecule has 2 N–H and O–H groups in total. The normalized spacial score (nSPS) is 11.5. The first-order chi connectivity index (χ1) is 14.6. The predicted molar refractivity (Wildman–Crippen MR) is 117 cm³/mol. The average molecular weight is 445 g/mol. The summed E-state index contributed by atoms with van der Waals surface area (Å²) in [5.41, 5.74) is 0.424. The zero-order valence-corrected chi connectivity index (χ0v) is 17.9. The lowest BCUT2D eigenvalue weighted by Gasteiger charge is -2.16. The molecule has 0 bridgehead atoms. The Morgan fingerprint density at radius 2 is 1.83 bits per heavy atom. The number of rotatable bonds is 9. The van der Waals surface area contributed by atoms with E-state index < -0.39 is 6.10 Å². The highest BCUT2D eigenvalue weighted by molar-refractivity contribution is 7.15. The van der Waals surface area contributed by atoms with Crippen molar-refractivity contribution in [1.82, 2.24) is 15.5 Å². The number of ether oxygens (including phenoxy) is 1. The number of anilines is 1. The van der Waals surface area contributed by atoms with Gasteiger partial charge in [-0.3, -0.25) is 14.9 Å². The van der Waals surface area contributed by atoms with Crippen LogP contribution in [0.5, 0.6) is 5.75 Å². The maximum absolute atomic E-state index is 12.5. The maximum atomic E-state index is 12.5. The van der Waals surface area contributed by atoms with Crippen molar-refractivity contribution in [3.63, 3.8) is 0 Å². The third-order valence-corrected chi connectivity index (χ3v) is 5.35. The molecule has 0 saturated heterocycles. The molecule has 30 heavy (non-hydrogen) atoms. The molecule has 9 heteroatoms. The molecule has 156 valence electrons. The van der Waals surface area contributed by atoms with Crippen LogP contribution in [0.3, 0.4) is 0 Å². The van der Waals surface area contributed by atoms with Gasteiger partial charge in [0, 0.05) is 13.0 Å². The molecule has 7 nitrogen and oxygen atoms in total. The number of halogens is 1. The molecular weight excluding hydrogens is 424 g/mol. The second-order valence-corrected chi connectivity index (χ2v) is 7.77. The quantitative estimate of drug-likeness (QED) is 0.521. The van der Waals surface area contributed by atoms with Crippen molar-refractivity contribution in [2.24, 2.45) is 0 Å². The number of hydrogen-bond acceptors (Lipinski definition) is 6. The van der Waals surface area contributed by atoms with Gasteiger partial charge in [0.1, 0.15) is 10.8 Å². The zero-order valence-electron chi connectivity index (χ0n) is 16.3. The van der Waals surface area contributed by atoms with E-state index >= 15 is 0 Å². The summed E-state index contributed by atoms with van der Waals surface area (Å²) < 4.78 is 5.73. The van der Waals surface area contributed by atoms with Crippen molar-refractivity contribution >= 4 is 39.9 Å². The van der Waals surface area contributed by atoms with Crippen LogP contribution in [0.2, 0.25) is 5.02 Å². The number of nitrogens with zero attached hydrogens (tertiary/aromatic N) is 2. The van der Waals surface area contributed by atoms with Gasteiger partial charge in [0.2, 0.25) is 5.13 Å². The topological polar surface area (TPSA) is 93.2 Å². The van der Waals surface area contributed by atoms with Crippen LogP contribution < -0.4 is 15.4 Å². The summed E-state index contributed by atoms with van der Waals surface area (Å²) in [5, 5.41) is 15.1. The van der Waals surface area contributed by atoms with Gasteiger partial charge < -0.3 is 10.1 Å². The van der Waals surface area contributed by atoms with E-state index in [1.165, 1.54) is 11.3 Å². The molecule has 1 unspecified atom stereocenters. The van der Waals surface area contributed by atoms with E-state index in [9.17, 15) is 9.59 Å². The number of nitrogens with one attached hydrogen (secondary N) is 2. The fraction of sp³-hybridized carbons (Fsp3) is 0.238. The van der Waals surface area contributed by atoms with Gasteiger partial charge in [0.05, 0.1) is 10.6 Å². The molecule has 0 saturated carbocycles. The molecule has 1 atom stereocenters. The summed E-state index contributed by atoms with van der Waals surface area (Å²) in [4.78, 5) is 24.6. The molecular formula is C21H21ClN4O3S. The van der Waals surface area contributed by atoms with E-state index in [4.69, 9.17) is 16.3 Å². The summed E-state index contributed by atoms with van der Waals surface area (Å²) in [7, 11) is 0. The van der Waals surface area contributed by atoms with E-state index in [2.05, 4.69) is 20.8 Å². The molecule has 1 aromatic heterocycles. The van der Waals surface area contributed by atoms with E-state index in [0.29, 0.717) is 45.9 Å². The van der Waals surface area contributed by atoms with Gasteiger partial charge in [-0.05, 0) is 30.7 Å². The van der Waals surface area contributed by atoms with Crippen LogP contribution in [0.4, 0.5) is 5.13 Å². The molecule has 2 amide bonds. The standard InChI is InChI=1S/C21H21ClN4O3S/c1-2-17(29-14-8-4-3-5-9-14)20(28)24-21-26-25-18(30-21)12-13-23-19(27)15-10-6-7-11-16(15)22/h3-11,17H,2,12-13H2,1H3,(H,23,27)(H,24,26,28). The Labute approximate surface area is 183 Å². The number of hydrogen-bond donors (Lipinski definition) is 2. The summed E-state index contributed by atoms with van der Waals surface area (Å²) >= 11 is 7.28. The van der Waals surface area contributed by atoms with Crippen LogP contribution in [0.15, 0.2) is 54.6 Å². The Hall–Kier alpha value is -2.97. The van der Waals surface area contributed by atoms with Gasteiger partial charge in [-0.1, -0.05) is 60.2 Å². The first kappa shape index (κ1) is 21.7. The van der Waals surface area contributed by atoms with Gasteiger partial charge in [-0.15, -0.1) is 10.2 Å². The first-order valence-corrected chi connectivity index (χ1v) is 10.6. The number of benzene rings is 2. The summed E-state index contributed by atoms with van der Waals surface area (Å²) in [6.45, 7) is 2.25. The second kappa shape index (κ2) is 10.7. The van der Waals surface area contributed by atoms with Crippen molar-refractivity contribution in [1.29, 1.82) is 0 Å². The lowest BCUT2D eigenvalue weighted by molar-refractivity contribution is -0.122. The van der Waals surface area contributed by atoms with Crippen LogP contribution in [0.1, 0.15) is 28.7 Å². The highest BCUT2D eigenvalue weighted by Gasteiger charge is 2.20. The second-order valence-electron chi connectivity index (χ2n) is 6.30. The molecule has 0 aliphatic carbocycles. The molecule has 1 heterocycles. The number of aromatic nitrogens is 2. The highest BCUT2D eigenvalue weighted by Crippen LogP contribution is 2.18. The Kier molecular flexibility index (Phi) is 7.75. The minimum atomic E-state index is -0.630. The van der Waals surface area contributed by atoms with Crippen LogP contribution in [-0.4, -0.2) is 34.7 Å². The summed E-state index contributed by atoms with van der Waals surface area (Å²) in [6, 6.07) is 16.0. The number of carbonyl (C=O) groups is 2. The predicted octanol–water partition coefficient (Wildman–Crippen LogP) is 3.96. The van der Waals surface area contributed by atoms with Crippen molar-refractivity contribution in [3.8, 4) is 5.75 Å². The average Bonchev–Trinajstić information content (AvgIpc) is 3.20. The van der Waals surface area contributed by atoms with Gasteiger partial charge in [0.15, 0.2) is 6.10 Å². The van der Waals surface area contributed by atoms with E-state index in [1.54, 1.807) is 36.4 Å². The van der Waals surface area contributed by atoms with E-state index in [1.807, 2.05) is 25.1 Å². The van der Waals surface area contributed by atoms with Crippen LogP contribution in [0, 0.1) is 0 Å². The van der Waals surface area contributed by atoms with Gasteiger partial charge in [-0.25, -0.2) is 0 Å². The Morgan fingerprint density at radius 1 is 1.10 bits per heavy atom. The minimum Gasteiger partial charge on any atom is -0.481 e. The van der Waals surface area contributed by atoms with E-state index in [0.717, 1.165) is 0 Å². The fourth-order valence-electron chi connectivity index (χ4n) is 2.60. The Balaban J connectivity index is 1.49. The fourth-order valence-corrected chi connectivity index (χ4v) is 3.56. The lowest BCUT2D eigenvalue weighted by atomic mass is 10.2. The van der Waals surface area contributed by atoms with Crippen molar-refractivity contribution in [3.05, 3.63) is 70.2 Å². The van der Waals surface area contributed by atoms with Crippen molar-refractivity contribution in [2.75, 3.05) is 11.9 Å². The third-order valence-electron chi connectivity index (χ3n) is 4.12. The molecule has 0 aliphatic heterocycles. The third kappa shape index (κ3) is 6.01. The molecule has 2 aromatic carbocycles. The van der Waals surface area contributed by atoms with Crippen LogP contribution in [0.25, 0.3) is 0 Å². The van der Waals surface area contributed by atoms with Crippen molar-refractivity contribution < 1.29 is 14.3 Å².